The molecular formula is C9H22N2. The van der Waals surface area contributed by atoms with Gasteiger partial charge in [0, 0.05) is 0 Å². The lowest BCUT2D eigenvalue weighted by atomic mass is 10.2. The summed E-state index contributed by atoms with van der Waals surface area (Å²) in [6.07, 6.45) is 4.45. The maximum Gasteiger partial charge on any atom is 0.0562 e. The van der Waals surface area contributed by atoms with Gasteiger partial charge in [-0.25, -0.2) is 0 Å². The first-order valence-corrected chi connectivity index (χ1v) is 4.58. The van der Waals surface area contributed by atoms with E-state index in [0.29, 0.717) is 6.17 Å². The highest BCUT2D eigenvalue weighted by Gasteiger charge is 2.00. The predicted molar refractivity (Wildman–Crippen MR) is 50.7 cm³/mol. The third kappa shape index (κ3) is 6.32. The normalized spacial score (nSPS) is 13.9. The van der Waals surface area contributed by atoms with Crippen molar-refractivity contribution in [2.75, 3.05) is 20.6 Å². The van der Waals surface area contributed by atoms with Crippen LogP contribution in [-0.4, -0.2) is 31.7 Å². The largest absolute Gasteiger partial charge is 0.302 e. The van der Waals surface area contributed by atoms with Gasteiger partial charge in [0.2, 0.25) is 0 Å². The Morgan fingerprint density at radius 1 is 1.27 bits per heavy atom. The minimum absolute atomic E-state index is 0.506. The van der Waals surface area contributed by atoms with Crippen LogP contribution in [0, 0.1) is 0 Å². The zero-order valence-corrected chi connectivity index (χ0v) is 8.35. The SMILES string of the molecule is CCCCCNC(C)N(C)C. The molecule has 0 aromatic heterocycles. The molecule has 0 saturated heterocycles. The van der Waals surface area contributed by atoms with Gasteiger partial charge in [-0.2, -0.15) is 0 Å². The fraction of sp³-hybridized carbons (Fsp3) is 1.00. The Labute approximate surface area is 71.0 Å². The summed E-state index contributed by atoms with van der Waals surface area (Å²) >= 11 is 0. The predicted octanol–water partition coefficient (Wildman–Crippen LogP) is 1.67. The van der Waals surface area contributed by atoms with Crippen molar-refractivity contribution in [2.24, 2.45) is 0 Å². The molecule has 0 rings (SSSR count). The van der Waals surface area contributed by atoms with Crippen LogP contribution >= 0.6 is 0 Å². The van der Waals surface area contributed by atoms with E-state index in [1.165, 1.54) is 19.3 Å². The molecule has 0 aliphatic rings. The Kier molecular flexibility index (Phi) is 6.57. The summed E-state index contributed by atoms with van der Waals surface area (Å²) in [4.78, 5) is 2.19. The number of nitrogens with one attached hydrogen (secondary N) is 1. The van der Waals surface area contributed by atoms with Gasteiger partial charge in [-0.3, -0.25) is 4.90 Å². The first-order chi connectivity index (χ1) is 5.18. The average Bonchev–Trinajstić information content (AvgIpc) is 1.97. The quantitative estimate of drug-likeness (QED) is 0.467. The van der Waals surface area contributed by atoms with Crippen LogP contribution < -0.4 is 5.32 Å². The zero-order chi connectivity index (χ0) is 8.69. The Balaban J connectivity index is 3.10. The summed E-state index contributed by atoms with van der Waals surface area (Å²) in [5.41, 5.74) is 0. The van der Waals surface area contributed by atoms with E-state index in [0.717, 1.165) is 6.54 Å². The lowest BCUT2D eigenvalue weighted by Crippen LogP contribution is -2.39. The molecule has 0 saturated carbocycles. The Hall–Kier alpha value is -0.0800. The molecule has 0 aromatic rings. The lowest BCUT2D eigenvalue weighted by molar-refractivity contribution is 0.265. The number of hydrogen-bond acceptors (Lipinski definition) is 2. The number of rotatable bonds is 6. The summed E-state index contributed by atoms with van der Waals surface area (Å²) in [5, 5.41) is 3.44. The minimum Gasteiger partial charge on any atom is -0.302 e. The van der Waals surface area contributed by atoms with Crippen LogP contribution in [0.2, 0.25) is 0 Å². The van der Waals surface area contributed by atoms with E-state index in [2.05, 4.69) is 38.2 Å². The van der Waals surface area contributed by atoms with Crippen molar-refractivity contribution >= 4 is 0 Å². The van der Waals surface area contributed by atoms with Crippen molar-refractivity contribution in [3.63, 3.8) is 0 Å². The Morgan fingerprint density at radius 3 is 2.36 bits per heavy atom. The first kappa shape index (κ1) is 10.9. The van der Waals surface area contributed by atoms with Gasteiger partial charge < -0.3 is 5.32 Å². The highest BCUT2D eigenvalue weighted by Crippen LogP contribution is 1.93. The molecule has 0 aliphatic carbocycles. The molecule has 0 spiro atoms. The molecular weight excluding hydrogens is 136 g/mol. The fourth-order valence-electron chi connectivity index (χ4n) is 0.869. The smallest absolute Gasteiger partial charge is 0.0562 e. The maximum absolute atomic E-state index is 3.44. The molecule has 0 bridgehead atoms. The van der Waals surface area contributed by atoms with E-state index in [1.54, 1.807) is 0 Å². The van der Waals surface area contributed by atoms with Gasteiger partial charge in [0.1, 0.15) is 0 Å². The lowest BCUT2D eigenvalue weighted by Gasteiger charge is -2.20. The van der Waals surface area contributed by atoms with Gasteiger partial charge in [-0.1, -0.05) is 19.8 Å². The molecule has 0 heterocycles. The van der Waals surface area contributed by atoms with E-state index in [9.17, 15) is 0 Å². The first-order valence-electron chi connectivity index (χ1n) is 4.58. The van der Waals surface area contributed by atoms with Crippen molar-refractivity contribution in [1.29, 1.82) is 0 Å². The van der Waals surface area contributed by atoms with Crippen molar-refractivity contribution in [2.45, 2.75) is 39.3 Å². The molecule has 0 fully saturated rings. The summed E-state index contributed by atoms with van der Waals surface area (Å²) in [6, 6.07) is 0. The molecule has 2 nitrogen and oxygen atoms in total. The van der Waals surface area contributed by atoms with E-state index in [4.69, 9.17) is 0 Å². The highest BCUT2D eigenvalue weighted by molar-refractivity contribution is 4.56. The van der Waals surface area contributed by atoms with Crippen molar-refractivity contribution in [3.8, 4) is 0 Å². The topological polar surface area (TPSA) is 15.3 Å². The highest BCUT2D eigenvalue weighted by atomic mass is 15.2. The van der Waals surface area contributed by atoms with Crippen LogP contribution in [0.25, 0.3) is 0 Å². The molecule has 1 atom stereocenters. The fourth-order valence-corrected chi connectivity index (χ4v) is 0.869. The molecule has 1 unspecified atom stereocenters. The van der Waals surface area contributed by atoms with E-state index in [-0.39, 0.29) is 0 Å². The van der Waals surface area contributed by atoms with Crippen LogP contribution in [0.1, 0.15) is 33.1 Å². The van der Waals surface area contributed by atoms with Gasteiger partial charge in [-0.05, 0) is 34.0 Å². The molecule has 1 N–H and O–H groups in total. The number of hydrogen-bond donors (Lipinski definition) is 1. The summed E-state index contributed by atoms with van der Waals surface area (Å²) < 4.78 is 0. The van der Waals surface area contributed by atoms with E-state index >= 15 is 0 Å². The van der Waals surface area contributed by atoms with Gasteiger partial charge in [-0.15, -0.1) is 0 Å². The number of nitrogens with zero attached hydrogens (tertiary/aromatic N) is 1. The summed E-state index contributed by atoms with van der Waals surface area (Å²) in [6.45, 7) is 5.56. The molecule has 0 aromatic carbocycles. The van der Waals surface area contributed by atoms with Crippen LogP contribution in [0.15, 0.2) is 0 Å². The second-order valence-electron chi connectivity index (χ2n) is 3.30. The van der Waals surface area contributed by atoms with Gasteiger partial charge in [0.15, 0.2) is 0 Å². The van der Waals surface area contributed by atoms with Crippen LogP contribution in [0.4, 0.5) is 0 Å². The molecule has 11 heavy (non-hydrogen) atoms. The zero-order valence-electron chi connectivity index (χ0n) is 8.35. The van der Waals surface area contributed by atoms with E-state index < -0.39 is 0 Å². The third-order valence-corrected chi connectivity index (χ3v) is 1.99. The van der Waals surface area contributed by atoms with Crippen molar-refractivity contribution in [3.05, 3.63) is 0 Å². The minimum atomic E-state index is 0.506. The Bertz CT molecular complexity index is 81.6. The van der Waals surface area contributed by atoms with Crippen LogP contribution in [0.3, 0.4) is 0 Å². The maximum atomic E-state index is 3.44. The summed E-state index contributed by atoms with van der Waals surface area (Å²) in [5.74, 6) is 0. The van der Waals surface area contributed by atoms with Crippen LogP contribution in [-0.2, 0) is 0 Å². The molecule has 68 valence electrons. The van der Waals surface area contributed by atoms with Crippen molar-refractivity contribution < 1.29 is 0 Å². The monoisotopic (exact) mass is 158 g/mol. The second-order valence-corrected chi connectivity index (χ2v) is 3.30. The average molecular weight is 158 g/mol. The van der Waals surface area contributed by atoms with Crippen molar-refractivity contribution in [1.82, 2.24) is 10.2 Å². The van der Waals surface area contributed by atoms with Crippen LogP contribution in [0.5, 0.6) is 0 Å². The molecule has 0 radical (unpaired) electrons. The van der Waals surface area contributed by atoms with Gasteiger partial charge in [0.25, 0.3) is 0 Å². The Morgan fingerprint density at radius 2 is 1.91 bits per heavy atom. The standard InChI is InChI=1S/C9H22N2/c1-5-6-7-8-10-9(2)11(3)4/h9-10H,5-8H2,1-4H3. The van der Waals surface area contributed by atoms with Gasteiger partial charge >= 0.3 is 0 Å². The number of unbranched alkanes of at least 4 members (excludes halogenated alkanes) is 2. The third-order valence-electron chi connectivity index (χ3n) is 1.99. The van der Waals surface area contributed by atoms with Gasteiger partial charge in [0.05, 0.1) is 6.17 Å². The molecule has 2 heteroatoms. The summed E-state index contributed by atoms with van der Waals surface area (Å²) in [7, 11) is 4.19. The van der Waals surface area contributed by atoms with E-state index in [1.807, 2.05) is 0 Å². The second kappa shape index (κ2) is 6.62. The molecule has 0 amide bonds. The molecule has 0 aliphatic heterocycles.